The van der Waals surface area contributed by atoms with E-state index in [1.165, 1.54) is 7.11 Å². The average Bonchev–Trinajstić information content (AvgIpc) is 2.16. The summed E-state index contributed by atoms with van der Waals surface area (Å²) in [5.74, 6) is 0.553. The molecule has 1 aromatic rings. The summed E-state index contributed by atoms with van der Waals surface area (Å²) < 4.78 is 5.92. The van der Waals surface area contributed by atoms with E-state index in [0.717, 1.165) is 10.0 Å². The van der Waals surface area contributed by atoms with E-state index in [2.05, 4.69) is 22.0 Å². The maximum atomic E-state index is 8.85. The molecule has 1 rings (SSSR count). The molecular weight excluding hydrogens is 232 g/mol. The molecule has 2 N–H and O–H groups in total. The number of ether oxygens (including phenoxy) is 1. The molecule has 0 spiro atoms. The van der Waals surface area contributed by atoms with Gasteiger partial charge in [-0.3, -0.25) is 0 Å². The highest BCUT2D eigenvalue weighted by Gasteiger charge is 2.08. The first-order chi connectivity index (χ1) is 6.22. The van der Waals surface area contributed by atoms with Crippen LogP contribution >= 0.6 is 15.9 Å². The van der Waals surface area contributed by atoms with Gasteiger partial charge >= 0.3 is 0 Å². The Morgan fingerprint density at radius 1 is 1.62 bits per heavy atom. The minimum Gasteiger partial charge on any atom is -0.495 e. The summed E-state index contributed by atoms with van der Waals surface area (Å²) in [5.41, 5.74) is 6.78. The van der Waals surface area contributed by atoms with E-state index in [1.807, 2.05) is 6.07 Å². The lowest BCUT2D eigenvalue weighted by Gasteiger charge is -2.07. The predicted octanol–water partition coefficient (Wildman–Crippen LogP) is 1.79. The van der Waals surface area contributed by atoms with E-state index in [1.54, 1.807) is 6.07 Å². The molecular formula is C9H9BrN2O. The van der Waals surface area contributed by atoms with Crippen molar-refractivity contribution in [2.24, 2.45) is 5.73 Å². The van der Waals surface area contributed by atoms with Crippen LogP contribution in [0.3, 0.4) is 0 Å². The summed E-state index contributed by atoms with van der Waals surface area (Å²) in [5, 5.41) is 8.85. The van der Waals surface area contributed by atoms with Crippen LogP contribution in [0.15, 0.2) is 16.6 Å². The topological polar surface area (TPSA) is 59.0 Å². The van der Waals surface area contributed by atoms with Crippen molar-refractivity contribution >= 4 is 15.9 Å². The maximum absolute atomic E-state index is 8.85. The lowest BCUT2D eigenvalue weighted by molar-refractivity contribution is 0.412. The van der Waals surface area contributed by atoms with E-state index < -0.39 is 0 Å². The SMILES string of the molecule is COc1cc(Br)cc(CN)c1C#N. The number of nitrogens with zero attached hydrogens (tertiary/aromatic N) is 1. The molecule has 0 saturated heterocycles. The van der Waals surface area contributed by atoms with Crippen molar-refractivity contribution in [3.8, 4) is 11.8 Å². The molecule has 4 heteroatoms. The van der Waals surface area contributed by atoms with Gasteiger partial charge < -0.3 is 10.5 Å². The Balaban J connectivity index is 3.36. The van der Waals surface area contributed by atoms with Crippen LogP contribution in [-0.4, -0.2) is 7.11 Å². The van der Waals surface area contributed by atoms with Gasteiger partial charge in [0.2, 0.25) is 0 Å². The van der Waals surface area contributed by atoms with Gasteiger partial charge in [-0.1, -0.05) is 15.9 Å². The van der Waals surface area contributed by atoms with Gasteiger partial charge in [-0.25, -0.2) is 0 Å². The molecule has 13 heavy (non-hydrogen) atoms. The number of hydrogen-bond acceptors (Lipinski definition) is 3. The van der Waals surface area contributed by atoms with Gasteiger partial charge in [0.15, 0.2) is 0 Å². The second-order valence-electron chi connectivity index (χ2n) is 2.46. The molecule has 1 aromatic carbocycles. The first kappa shape index (κ1) is 10.0. The standard InChI is InChI=1S/C9H9BrN2O/c1-13-9-3-7(10)2-6(4-11)8(9)5-12/h2-3H,4,11H2,1H3. The zero-order chi connectivity index (χ0) is 9.84. The Kier molecular flexibility index (Phi) is 3.29. The number of rotatable bonds is 2. The maximum Gasteiger partial charge on any atom is 0.138 e. The van der Waals surface area contributed by atoms with Crippen molar-refractivity contribution in [1.82, 2.24) is 0 Å². The monoisotopic (exact) mass is 240 g/mol. The molecule has 0 radical (unpaired) electrons. The Morgan fingerprint density at radius 3 is 2.77 bits per heavy atom. The molecule has 0 aliphatic carbocycles. The van der Waals surface area contributed by atoms with Crippen molar-refractivity contribution in [3.05, 3.63) is 27.7 Å². The van der Waals surface area contributed by atoms with Crippen LogP contribution < -0.4 is 10.5 Å². The highest BCUT2D eigenvalue weighted by molar-refractivity contribution is 9.10. The first-order valence-corrected chi connectivity index (χ1v) is 4.48. The molecule has 0 saturated carbocycles. The van der Waals surface area contributed by atoms with Crippen LogP contribution in [0.2, 0.25) is 0 Å². The molecule has 0 aliphatic rings. The molecule has 0 fully saturated rings. The molecule has 0 aromatic heterocycles. The van der Waals surface area contributed by atoms with Crippen LogP contribution in [0.5, 0.6) is 5.75 Å². The Morgan fingerprint density at radius 2 is 2.31 bits per heavy atom. The van der Waals surface area contributed by atoms with E-state index in [4.69, 9.17) is 15.7 Å². The van der Waals surface area contributed by atoms with Gasteiger partial charge in [0.05, 0.1) is 12.7 Å². The van der Waals surface area contributed by atoms with Crippen molar-refractivity contribution in [2.45, 2.75) is 6.54 Å². The summed E-state index contributed by atoms with van der Waals surface area (Å²) in [4.78, 5) is 0. The van der Waals surface area contributed by atoms with Crippen molar-refractivity contribution in [1.29, 1.82) is 5.26 Å². The van der Waals surface area contributed by atoms with Crippen molar-refractivity contribution < 1.29 is 4.74 Å². The fourth-order valence-electron chi connectivity index (χ4n) is 1.08. The third-order valence-electron chi connectivity index (χ3n) is 1.70. The second-order valence-corrected chi connectivity index (χ2v) is 3.37. The molecule has 68 valence electrons. The Bertz CT molecular complexity index is 332. The highest BCUT2D eigenvalue weighted by atomic mass is 79.9. The normalized spacial score (nSPS) is 9.38. The lowest BCUT2D eigenvalue weighted by atomic mass is 10.1. The number of nitriles is 1. The van der Waals surface area contributed by atoms with Gasteiger partial charge in [-0.05, 0) is 17.7 Å². The number of nitrogens with two attached hydrogens (primary N) is 1. The van der Waals surface area contributed by atoms with Gasteiger partial charge in [-0.15, -0.1) is 0 Å². The molecule has 0 aliphatic heterocycles. The van der Waals surface area contributed by atoms with E-state index in [0.29, 0.717) is 17.9 Å². The minimum atomic E-state index is 0.332. The summed E-state index contributed by atoms with van der Waals surface area (Å²) in [6, 6.07) is 5.64. The Hall–Kier alpha value is -1.05. The smallest absolute Gasteiger partial charge is 0.138 e. The van der Waals surface area contributed by atoms with E-state index in [9.17, 15) is 0 Å². The minimum absolute atomic E-state index is 0.332. The summed E-state index contributed by atoms with van der Waals surface area (Å²) >= 11 is 3.31. The predicted molar refractivity (Wildman–Crippen MR) is 53.3 cm³/mol. The van der Waals surface area contributed by atoms with Crippen LogP contribution in [0.4, 0.5) is 0 Å². The third-order valence-corrected chi connectivity index (χ3v) is 2.16. The van der Waals surface area contributed by atoms with E-state index in [-0.39, 0.29) is 0 Å². The summed E-state index contributed by atoms with van der Waals surface area (Å²) in [6.07, 6.45) is 0. The van der Waals surface area contributed by atoms with E-state index >= 15 is 0 Å². The zero-order valence-electron chi connectivity index (χ0n) is 7.17. The summed E-state index contributed by atoms with van der Waals surface area (Å²) in [7, 11) is 1.53. The largest absolute Gasteiger partial charge is 0.495 e. The molecule has 0 unspecified atom stereocenters. The molecule has 0 bridgehead atoms. The van der Waals surface area contributed by atoms with Gasteiger partial charge in [0.1, 0.15) is 11.8 Å². The lowest BCUT2D eigenvalue weighted by Crippen LogP contribution is -2.01. The quantitative estimate of drug-likeness (QED) is 0.858. The number of hydrogen-bond donors (Lipinski definition) is 1. The average molecular weight is 241 g/mol. The fraction of sp³-hybridized carbons (Fsp3) is 0.222. The molecule has 3 nitrogen and oxygen atoms in total. The summed E-state index contributed by atoms with van der Waals surface area (Å²) in [6.45, 7) is 0.332. The number of methoxy groups -OCH3 is 1. The van der Waals surface area contributed by atoms with Crippen LogP contribution in [-0.2, 0) is 6.54 Å². The van der Waals surface area contributed by atoms with Gasteiger partial charge in [-0.2, -0.15) is 5.26 Å². The van der Waals surface area contributed by atoms with Gasteiger partial charge in [0, 0.05) is 11.0 Å². The number of halogens is 1. The molecule has 0 heterocycles. The molecule has 0 atom stereocenters. The fourth-order valence-corrected chi connectivity index (χ4v) is 1.57. The second kappa shape index (κ2) is 4.26. The van der Waals surface area contributed by atoms with Crippen LogP contribution in [0, 0.1) is 11.3 Å². The van der Waals surface area contributed by atoms with Crippen molar-refractivity contribution in [2.75, 3.05) is 7.11 Å². The highest BCUT2D eigenvalue weighted by Crippen LogP contribution is 2.26. The zero-order valence-corrected chi connectivity index (χ0v) is 8.76. The third kappa shape index (κ3) is 2.00. The van der Waals surface area contributed by atoms with Crippen LogP contribution in [0.1, 0.15) is 11.1 Å². The van der Waals surface area contributed by atoms with Crippen molar-refractivity contribution in [3.63, 3.8) is 0 Å². The van der Waals surface area contributed by atoms with Gasteiger partial charge in [0.25, 0.3) is 0 Å². The van der Waals surface area contributed by atoms with Crippen LogP contribution in [0.25, 0.3) is 0 Å². The number of benzene rings is 1. The molecule has 0 amide bonds. The first-order valence-electron chi connectivity index (χ1n) is 3.69. The Labute approximate surface area is 85.2 Å².